The van der Waals surface area contributed by atoms with E-state index in [-0.39, 0.29) is 0 Å². The Balaban J connectivity index is 7.16. The van der Waals surface area contributed by atoms with E-state index >= 15 is 0 Å². The fraction of sp³-hybridized carbons (Fsp3) is 0.857. The molecule has 27 heteroatoms. The van der Waals surface area contributed by atoms with Gasteiger partial charge in [-0.1, -0.05) is 0 Å². The third-order valence-electron chi connectivity index (χ3n) is 4.50. The Morgan fingerprint density at radius 2 is 0.537 bits per heavy atom. The third-order valence-corrected chi connectivity index (χ3v) is 5.49. The number of hydrogen-bond acceptors (Lipinski definition) is 0. The van der Waals surface area contributed by atoms with E-state index in [0.717, 1.165) is 0 Å². The molecule has 0 heterocycles. The van der Waals surface area contributed by atoms with Gasteiger partial charge in [0.15, 0.2) is 0 Å². The fourth-order valence-corrected chi connectivity index (χ4v) is 2.77. The first-order valence-electron chi connectivity index (χ1n) is 8.43. The molecule has 0 unspecified atom stereocenters. The van der Waals surface area contributed by atoms with Crippen LogP contribution >= 0.6 is 22.6 Å². The average molecular weight is 790 g/mol. The fourth-order valence-electron chi connectivity index (χ4n) is 2.04. The summed E-state index contributed by atoms with van der Waals surface area (Å²) in [7, 11) is 0. The van der Waals surface area contributed by atoms with Crippen molar-refractivity contribution in [3.05, 3.63) is 9.66 Å². The van der Waals surface area contributed by atoms with E-state index < -0.39 is 104 Å². The SMILES string of the molecule is FC(F)(F)C(F)(F)C(F)(F)C(F)(F)C=C(I)C(F)(F)C(F)(F)C(F)(F)C(F)(F)C(F)(F)C(F)(F)C(F)(F)C(F)(F)F. The molecule has 0 aromatic carbocycles. The summed E-state index contributed by atoms with van der Waals surface area (Å²) >= 11 is -1.04. The minimum atomic E-state index is -9.20. The first-order chi connectivity index (χ1) is 17.1. The first kappa shape index (κ1) is 39.6. The predicted octanol–water partition coefficient (Wildman–Crippen LogP) is 9.78. The van der Waals surface area contributed by atoms with Crippen LogP contribution in [0.4, 0.5) is 114 Å². The van der Waals surface area contributed by atoms with Crippen molar-refractivity contribution in [2.24, 2.45) is 0 Å². The summed E-state index contributed by atoms with van der Waals surface area (Å²) in [6.07, 6.45) is -18.6. The lowest BCUT2D eigenvalue weighted by molar-refractivity contribution is -0.459. The number of rotatable bonds is 10. The van der Waals surface area contributed by atoms with E-state index in [2.05, 4.69) is 0 Å². The van der Waals surface area contributed by atoms with Crippen molar-refractivity contribution in [1.29, 1.82) is 0 Å². The van der Waals surface area contributed by atoms with Gasteiger partial charge in [-0.05, 0) is 22.6 Å². The Kier molecular flexibility index (Phi) is 9.51. The van der Waals surface area contributed by atoms with Crippen LogP contribution in [0.25, 0.3) is 0 Å². The molecule has 0 aliphatic rings. The summed E-state index contributed by atoms with van der Waals surface area (Å²) in [6, 6.07) is 0. The Labute approximate surface area is 218 Å². The molecule has 0 aliphatic carbocycles. The summed E-state index contributed by atoms with van der Waals surface area (Å²) in [4.78, 5) is 0. The summed E-state index contributed by atoms with van der Waals surface area (Å²) in [5.41, 5.74) is 0. The zero-order valence-electron chi connectivity index (χ0n) is 17.3. The van der Waals surface area contributed by atoms with Gasteiger partial charge in [0.25, 0.3) is 0 Å². The summed E-state index contributed by atoms with van der Waals surface area (Å²) < 4.78 is 333. The Bertz CT molecular complexity index is 991. The van der Waals surface area contributed by atoms with E-state index in [1.807, 2.05) is 0 Å². The maximum atomic E-state index is 13.8. The Morgan fingerprint density at radius 3 is 0.805 bits per heavy atom. The predicted molar refractivity (Wildman–Crippen MR) is 83.7 cm³/mol. The number of halogens is 27. The molecule has 0 amide bonds. The van der Waals surface area contributed by atoms with Gasteiger partial charge in [0, 0.05) is 6.08 Å². The number of alkyl halides is 26. The first-order valence-corrected chi connectivity index (χ1v) is 9.51. The van der Waals surface area contributed by atoms with Crippen LogP contribution in [-0.2, 0) is 0 Å². The average Bonchev–Trinajstić information content (AvgIpc) is 2.70. The van der Waals surface area contributed by atoms with E-state index in [4.69, 9.17) is 0 Å². The zero-order chi connectivity index (χ0) is 34.3. The van der Waals surface area contributed by atoms with Crippen LogP contribution in [0.15, 0.2) is 9.66 Å². The molecule has 0 rings (SSSR count). The Hall–Kier alpha value is -1.35. The zero-order valence-corrected chi connectivity index (χ0v) is 19.4. The molecular weight excluding hydrogens is 789 g/mol. The summed E-state index contributed by atoms with van der Waals surface area (Å²) in [5.74, 6) is -85.0. The number of hydrogen-bond donors (Lipinski definition) is 0. The molecule has 0 bridgehead atoms. The van der Waals surface area contributed by atoms with E-state index in [9.17, 15) is 114 Å². The lowest BCUT2D eigenvalue weighted by Crippen LogP contribution is -2.74. The molecule has 0 saturated carbocycles. The van der Waals surface area contributed by atoms with Crippen molar-refractivity contribution in [3.63, 3.8) is 0 Å². The van der Waals surface area contributed by atoms with Gasteiger partial charge in [0.2, 0.25) is 0 Å². The molecule has 0 aliphatic heterocycles. The monoisotopic (exact) mass is 790 g/mol. The molecule has 0 atom stereocenters. The topological polar surface area (TPSA) is 0 Å². The highest BCUT2D eigenvalue weighted by Gasteiger charge is 2.95. The highest BCUT2D eigenvalue weighted by molar-refractivity contribution is 14.1. The molecule has 0 radical (unpaired) electrons. The van der Waals surface area contributed by atoms with Crippen molar-refractivity contribution in [3.8, 4) is 0 Å². The molecular formula is C14HF26I. The van der Waals surface area contributed by atoms with E-state index in [1.165, 1.54) is 0 Å². The molecule has 246 valence electrons. The van der Waals surface area contributed by atoms with Crippen LogP contribution < -0.4 is 0 Å². The van der Waals surface area contributed by atoms with Gasteiger partial charge in [0.05, 0.1) is 3.58 Å². The molecule has 0 nitrogen and oxygen atoms in total. The minimum absolute atomic E-state index is 1.04. The summed E-state index contributed by atoms with van der Waals surface area (Å²) in [6.45, 7) is 0. The maximum absolute atomic E-state index is 13.8. The summed E-state index contributed by atoms with van der Waals surface area (Å²) in [5, 5.41) is 0. The maximum Gasteiger partial charge on any atom is 0.460 e. The van der Waals surface area contributed by atoms with Crippen LogP contribution in [-0.4, -0.2) is 71.6 Å². The minimum Gasteiger partial charge on any atom is -0.195 e. The molecule has 0 aromatic rings. The number of allylic oxidation sites excluding steroid dienone is 2. The van der Waals surface area contributed by atoms with Crippen LogP contribution in [0.3, 0.4) is 0 Å². The highest BCUT2D eigenvalue weighted by Crippen LogP contribution is 2.65. The van der Waals surface area contributed by atoms with Gasteiger partial charge >= 0.3 is 71.6 Å². The van der Waals surface area contributed by atoms with Gasteiger partial charge in [-0.15, -0.1) is 0 Å². The van der Waals surface area contributed by atoms with Crippen molar-refractivity contribution in [2.75, 3.05) is 0 Å². The molecule has 0 spiro atoms. The van der Waals surface area contributed by atoms with E-state index in [1.54, 1.807) is 0 Å². The van der Waals surface area contributed by atoms with Gasteiger partial charge in [-0.3, -0.25) is 0 Å². The molecule has 0 fully saturated rings. The standard InChI is InChI=1S/C14HF26I/c15-3(16,5(19,20)11(31,32)13(35,36)37)1-2(41)4(17,18)6(21,22)7(23,24)8(25,26)9(27,28)10(29,30)12(33,34)14(38,39)40/h1H. The quantitative estimate of drug-likeness (QED) is 0.153. The van der Waals surface area contributed by atoms with Gasteiger partial charge in [0.1, 0.15) is 0 Å². The second-order valence-corrected chi connectivity index (χ2v) is 8.44. The molecule has 0 N–H and O–H groups in total. The smallest absolute Gasteiger partial charge is 0.195 e. The molecule has 0 aromatic heterocycles. The molecule has 0 saturated heterocycles. The lowest BCUT2D eigenvalue weighted by Gasteiger charge is -2.42. The second-order valence-electron chi connectivity index (χ2n) is 7.28. The highest BCUT2D eigenvalue weighted by atomic mass is 127. The van der Waals surface area contributed by atoms with Gasteiger partial charge < -0.3 is 0 Å². The third kappa shape index (κ3) is 5.23. The second kappa shape index (κ2) is 9.83. The van der Waals surface area contributed by atoms with Crippen LogP contribution in [0.2, 0.25) is 0 Å². The van der Waals surface area contributed by atoms with E-state index in [0.29, 0.717) is 0 Å². The normalized spacial score (nSPS) is 17.3. The van der Waals surface area contributed by atoms with Crippen molar-refractivity contribution in [2.45, 2.75) is 71.6 Å². The Morgan fingerprint density at radius 1 is 0.317 bits per heavy atom. The van der Waals surface area contributed by atoms with Crippen molar-refractivity contribution < 1.29 is 114 Å². The van der Waals surface area contributed by atoms with Crippen LogP contribution in [0.1, 0.15) is 0 Å². The van der Waals surface area contributed by atoms with Crippen LogP contribution in [0, 0.1) is 0 Å². The van der Waals surface area contributed by atoms with Crippen molar-refractivity contribution in [1.82, 2.24) is 0 Å². The van der Waals surface area contributed by atoms with Crippen LogP contribution in [0.5, 0.6) is 0 Å². The lowest BCUT2D eigenvalue weighted by atomic mass is 9.88. The van der Waals surface area contributed by atoms with Gasteiger partial charge in [-0.25, -0.2) is 0 Å². The van der Waals surface area contributed by atoms with Gasteiger partial charge in [-0.2, -0.15) is 114 Å². The molecule has 41 heavy (non-hydrogen) atoms. The van der Waals surface area contributed by atoms with Crippen molar-refractivity contribution >= 4 is 22.6 Å². The largest absolute Gasteiger partial charge is 0.460 e.